The number of nitrogens with zero attached hydrogens (tertiary/aromatic N) is 9. The molecule has 0 bridgehead atoms. The van der Waals surface area contributed by atoms with Crippen molar-refractivity contribution < 1.29 is 0 Å². The van der Waals surface area contributed by atoms with Crippen molar-refractivity contribution in [2.75, 3.05) is 0 Å². The van der Waals surface area contributed by atoms with Gasteiger partial charge in [-0.15, -0.1) is 0 Å². The summed E-state index contributed by atoms with van der Waals surface area (Å²) < 4.78 is 7.10. The van der Waals surface area contributed by atoms with Crippen LogP contribution in [0.3, 0.4) is 0 Å². The van der Waals surface area contributed by atoms with Crippen molar-refractivity contribution in [3.05, 3.63) is 320 Å². The molecule has 0 unspecified atom stereocenters. The van der Waals surface area contributed by atoms with Gasteiger partial charge >= 0.3 is 0 Å². The first-order chi connectivity index (χ1) is 46.9. The Labute approximate surface area is 546 Å². The summed E-state index contributed by atoms with van der Waals surface area (Å²) in [6.45, 7) is 0. The molecule has 9 heteroatoms. The number of nitriles is 4. The molecule has 0 radical (unpaired) electrons. The molecule has 9 nitrogen and oxygen atoms in total. The molecule has 0 fully saturated rings. The van der Waals surface area contributed by atoms with Crippen LogP contribution in [0.4, 0.5) is 0 Å². The third kappa shape index (κ3) is 9.45. The van der Waals surface area contributed by atoms with E-state index in [0.29, 0.717) is 28.1 Å². The molecule has 0 aliphatic heterocycles. The number of aromatic nitrogens is 5. The van der Waals surface area contributed by atoms with Gasteiger partial charge in [-0.25, -0.2) is 9.97 Å². The maximum atomic E-state index is 10.3. The minimum absolute atomic E-state index is 0.380. The Morgan fingerprint density at radius 3 is 1.00 bits per heavy atom. The molecule has 4 aromatic heterocycles. The van der Waals surface area contributed by atoms with E-state index >= 15 is 0 Å². The summed E-state index contributed by atoms with van der Waals surface area (Å²) in [5.41, 5.74) is 21.5. The van der Waals surface area contributed by atoms with Gasteiger partial charge in [0.15, 0.2) is 5.82 Å². The van der Waals surface area contributed by atoms with E-state index in [1.165, 1.54) is 0 Å². The Hall–Kier alpha value is -13.7. The normalized spacial score (nSPS) is 11.3. The number of para-hydroxylation sites is 4. The van der Waals surface area contributed by atoms with Gasteiger partial charge in [0.25, 0.3) is 0 Å². The molecule has 0 spiro atoms. The highest BCUT2D eigenvalue weighted by molar-refractivity contribution is 6.14. The van der Waals surface area contributed by atoms with Crippen molar-refractivity contribution in [2.45, 2.75) is 0 Å². The lowest BCUT2D eigenvalue weighted by Crippen LogP contribution is -2.04. The number of fused-ring (bicyclic) bond motifs is 9. The van der Waals surface area contributed by atoms with E-state index in [1.54, 1.807) is 12.1 Å². The fourth-order valence-corrected chi connectivity index (χ4v) is 14.0. The van der Waals surface area contributed by atoms with Crippen LogP contribution in [0.5, 0.6) is 0 Å². The highest BCUT2D eigenvalue weighted by atomic mass is 15.0. The van der Waals surface area contributed by atoms with Crippen LogP contribution in [0.2, 0.25) is 0 Å². The van der Waals surface area contributed by atoms with Crippen LogP contribution in [-0.4, -0.2) is 23.7 Å². The van der Waals surface area contributed by atoms with Crippen molar-refractivity contribution in [3.8, 4) is 120 Å². The Morgan fingerprint density at radius 1 is 0.232 bits per heavy atom. The Kier molecular flexibility index (Phi) is 13.2. The topological polar surface area (TPSA) is 136 Å². The summed E-state index contributed by atoms with van der Waals surface area (Å²) >= 11 is 0. The smallest absolute Gasteiger partial charge is 0.160 e. The molecule has 13 aromatic carbocycles. The molecule has 0 saturated heterocycles. The maximum Gasteiger partial charge on any atom is 0.160 e. The quantitative estimate of drug-likeness (QED) is 0.134. The van der Waals surface area contributed by atoms with Gasteiger partial charge < -0.3 is 13.7 Å². The molecule has 4 heterocycles. The molecular weight excluding hydrogens is 1160 g/mol. The van der Waals surface area contributed by atoms with E-state index in [-0.39, 0.29) is 0 Å². The van der Waals surface area contributed by atoms with Crippen LogP contribution in [0, 0.1) is 45.3 Å². The summed E-state index contributed by atoms with van der Waals surface area (Å²) in [6.07, 6.45) is 0. The van der Waals surface area contributed by atoms with Crippen molar-refractivity contribution in [2.24, 2.45) is 0 Å². The van der Waals surface area contributed by atoms with E-state index < -0.39 is 0 Å². The lowest BCUT2D eigenvalue weighted by Gasteiger charge is -2.22. The Morgan fingerprint density at radius 2 is 0.589 bits per heavy atom. The second kappa shape index (κ2) is 22.7. The molecule has 438 valence electrons. The van der Waals surface area contributed by atoms with E-state index in [0.717, 1.165) is 155 Å². The zero-order valence-corrected chi connectivity index (χ0v) is 50.8. The predicted molar refractivity (Wildman–Crippen MR) is 382 cm³/mol. The minimum Gasteiger partial charge on any atom is -0.309 e. The maximum absolute atomic E-state index is 10.3. The third-order valence-corrected chi connectivity index (χ3v) is 18.3. The fourth-order valence-electron chi connectivity index (χ4n) is 14.0. The zero-order chi connectivity index (χ0) is 63.7. The molecule has 0 aliphatic carbocycles. The van der Waals surface area contributed by atoms with Gasteiger partial charge in [0, 0.05) is 71.5 Å². The van der Waals surface area contributed by atoms with Crippen LogP contribution in [-0.2, 0) is 0 Å². The van der Waals surface area contributed by atoms with E-state index in [4.69, 9.17) is 9.97 Å². The van der Waals surface area contributed by atoms with Crippen LogP contribution < -0.4 is 0 Å². The molecule has 0 amide bonds. The van der Waals surface area contributed by atoms with Crippen molar-refractivity contribution in [1.82, 2.24) is 23.7 Å². The number of rotatable bonds is 10. The molecule has 0 saturated carbocycles. The first-order valence-electron chi connectivity index (χ1n) is 31.2. The number of hydrogen-bond acceptors (Lipinski definition) is 6. The van der Waals surface area contributed by atoms with Gasteiger partial charge in [-0.2, -0.15) is 21.0 Å². The highest BCUT2D eigenvalue weighted by Gasteiger charge is 2.26. The van der Waals surface area contributed by atoms with Gasteiger partial charge in [-0.05, 0) is 161 Å². The summed E-state index contributed by atoms with van der Waals surface area (Å²) in [5, 5.41) is 47.5. The third-order valence-electron chi connectivity index (χ3n) is 18.3. The summed E-state index contributed by atoms with van der Waals surface area (Å²) in [6, 6.07) is 112. The number of hydrogen-bond donors (Lipinski definition) is 0. The lowest BCUT2D eigenvalue weighted by molar-refractivity contribution is 1.16. The molecule has 95 heavy (non-hydrogen) atoms. The Balaban J connectivity index is 1.02. The lowest BCUT2D eigenvalue weighted by atomic mass is 9.91. The fraction of sp³-hybridized carbons (Fsp3) is 0. The largest absolute Gasteiger partial charge is 0.309 e. The van der Waals surface area contributed by atoms with Crippen molar-refractivity contribution in [1.29, 1.82) is 21.0 Å². The summed E-state index contributed by atoms with van der Waals surface area (Å²) in [4.78, 5) is 10.8. The van der Waals surface area contributed by atoms with Crippen LogP contribution in [0.15, 0.2) is 297 Å². The van der Waals surface area contributed by atoms with Gasteiger partial charge in [-0.3, -0.25) is 0 Å². The average molecular weight is 1210 g/mol. The van der Waals surface area contributed by atoms with Gasteiger partial charge in [-0.1, -0.05) is 170 Å². The van der Waals surface area contributed by atoms with Crippen LogP contribution >= 0.6 is 0 Å². The average Bonchev–Trinajstić information content (AvgIpc) is 1.62. The van der Waals surface area contributed by atoms with E-state index in [9.17, 15) is 21.0 Å². The second-order valence-electron chi connectivity index (χ2n) is 23.8. The Bertz CT molecular complexity index is 5680. The molecule has 17 rings (SSSR count). The molecule has 0 aliphatic rings. The molecular formula is C86H49N9. The van der Waals surface area contributed by atoms with E-state index in [1.807, 2.05) is 60.7 Å². The zero-order valence-electron chi connectivity index (χ0n) is 50.8. The monoisotopic (exact) mass is 1210 g/mol. The number of benzene rings is 13. The highest BCUT2D eigenvalue weighted by Crippen LogP contribution is 2.47. The molecule has 0 N–H and O–H groups in total. The van der Waals surface area contributed by atoms with Gasteiger partial charge in [0.05, 0.1) is 96.7 Å². The van der Waals surface area contributed by atoms with E-state index in [2.05, 4.69) is 262 Å². The van der Waals surface area contributed by atoms with Gasteiger partial charge in [0.1, 0.15) is 0 Å². The first-order valence-corrected chi connectivity index (χ1v) is 31.2. The predicted octanol–water partition coefficient (Wildman–Crippen LogP) is 20.9. The van der Waals surface area contributed by atoms with Crippen molar-refractivity contribution in [3.63, 3.8) is 0 Å². The first kappa shape index (κ1) is 55.4. The second-order valence-corrected chi connectivity index (χ2v) is 23.8. The SMILES string of the molecule is N#Cc1cc(C#N)cc(-c2ccc3c(c2)c2cc(-c4cc(C#N)cc(C#N)c4)ccc2n3-c2c(-c3cccc(-n4c5ccccc5c5ccccc54)c3)cc(-c3cc(-c4ccccc4)nc(-c4ccccc4)n3)cc2-c2cccc(-n3c4ccccc4c4ccccc43)c2)c1. The minimum atomic E-state index is 0.380. The van der Waals surface area contributed by atoms with Crippen molar-refractivity contribution >= 4 is 65.4 Å². The molecule has 0 atom stereocenters. The molecule has 17 aromatic rings. The summed E-state index contributed by atoms with van der Waals surface area (Å²) in [5.74, 6) is 0.592. The van der Waals surface area contributed by atoms with Crippen LogP contribution in [0.25, 0.3) is 161 Å². The van der Waals surface area contributed by atoms with Gasteiger partial charge in [0.2, 0.25) is 0 Å². The van der Waals surface area contributed by atoms with Crippen LogP contribution in [0.1, 0.15) is 22.3 Å². The summed E-state index contributed by atoms with van der Waals surface area (Å²) in [7, 11) is 0. The standard InChI is InChI=1S/C86H49N9/c87-50-54-37-55(51-88)40-64(39-54)60-33-35-83-75(45-60)76-46-61(65-41-56(52-89)38-57(42-65)53-90)34-36-84(76)95(83)85-73(62-21-15-23-67(43-62)93-79-29-11-7-25-69(79)70-26-8-12-30-80(70)93)47-66(78-49-77(58-17-3-1-4-18-58)91-86(92-78)59-19-5-2-6-20-59)48-74(85)63-22-16-24-68(44-63)94-81-31-13-9-27-71(81)72-28-10-14-32-82(72)94/h1-49H.